The number of piperidine rings is 1. The molecular weight excluding hydrogens is 302 g/mol. The molecule has 2 aromatic heterocycles. The Morgan fingerprint density at radius 1 is 1.36 bits per heavy atom. The quantitative estimate of drug-likeness (QED) is 0.916. The standard InChI is InChI=1S/C14H19N5O2S/c1-10-6-13(16-9-15-10)19-5-3-4-11(8-19)14-12(7-17-18-14)22(2,20)21/h6-7,9,11H,3-5,8H2,1-2H3,(H,17,18)/t11-/m0/s1. The summed E-state index contributed by atoms with van der Waals surface area (Å²) >= 11 is 0. The highest BCUT2D eigenvalue weighted by Gasteiger charge is 2.28. The predicted octanol–water partition coefficient (Wildman–Crippen LogP) is 1.30. The molecule has 1 saturated heterocycles. The number of aryl methyl sites for hydroxylation is 1. The van der Waals surface area contributed by atoms with E-state index in [2.05, 4.69) is 25.1 Å². The summed E-state index contributed by atoms with van der Waals surface area (Å²) in [5, 5.41) is 6.80. The number of aromatic nitrogens is 4. The second kappa shape index (κ2) is 5.68. The average Bonchev–Trinajstić information content (AvgIpc) is 2.97. The van der Waals surface area contributed by atoms with Crippen LogP contribution in [0.4, 0.5) is 5.82 Å². The summed E-state index contributed by atoms with van der Waals surface area (Å²) in [6.07, 6.45) is 6.10. The van der Waals surface area contributed by atoms with Crippen molar-refractivity contribution in [3.63, 3.8) is 0 Å². The summed E-state index contributed by atoms with van der Waals surface area (Å²) in [5.41, 5.74) is 1.63. The Morgan fingerprint density at radius 2 is 2.18 bits per heavy atom. The third-order valence-corrected chi connectivity index (χ3v) is 5.10. The van der Waals surface area contributed by atoms with Crippen LogP contribution >= 0.6 is 0 Å². The average molecular weight is 321 g/mol. The van der Waals surface area contributed by atoms with E-state index in [4.69, 9.17) is 0 Å². The summed E-state index contributed by atoms with van der Waals surface area (Å²) in [6, 6.07) is 1.95. The lowest BCUT2D eigenvalue weighted by Crippen LogP contribution is -2.35. The van der Waals surface area contributed by atoms with Crippen LogP contribution in [-0.2, 0) is 9.84 Å². The molecule has 0 bridgehead atoms. The van der Waals surface area contributed by atoms with E-state index in [1.807, 2.05) is 13.0 Å². The van der Waals surface area contributed by atoms with E-state index in [1.165, 1.54) is 12.5 Å². The third-order valence-electron chi connectivity index (χ3n) is 3.97. The highest BCUT2D eigenvalue weighted by atomic mass is 32.2. The fourth-order valence-electron chi connectivity index (χ4n) is 2.91. The van der Waals surface area contributed by atoms with Crippen LogP contribution < -0.4 is 4.90 Å². The molecule has 0 radical (unpaired) electrons. The molecule has 1 fully saturated rings. The molecule has 0 aromatic carbocycles. The number of rotatable bonds is 3. The van der Waals surface area contributed by atoms with Crippen LogP contribution in [0.2, 0.25) is 0 Å². The summed E-state index contributed by atoms with van der Waals surface area (Å²) in [7, 11) is -3.27. The fourth-order valence-corrected chi connectivity index (χ4v) is 3.76. The largest absolute Gasteiger partial charge is 0.356 e. The van der Waals surface area contributed by atoms with E-state index >= 15 is 0 Å². The van der Waals surface area contributed by atoms with E-state index in [9.17, 15) is 8.42 Å². The number of H-pyrrole nitrogens is 1. The van der Waals surface area contributed by atoms with Gasteiger partial charge in [-0.25, -0.2) is 18.4 Å². The molecule has 1 N–H and O–H groups in total. The van der Waals surface area contributed by atoms with Crippen molar-refractivity contribution in [1.29, 1.82) is 0 Å². The van der Waals surface area contributed by atoms with Gasteiger partial charge in [-0.05, 0) is 19.8 Å². The van der Waals surface area contributed by atoms with Gasteiger partial charge in [-0.2, -0.15) is 5.10 Å². The molecule has 0 saturated carbocycles. The maximum absolute atomic E-state index is 11.9. The number of nitrogens with zero attached hydrogens (tertiary/aromatic N) is 4. The third kappa shape index (κ3) is 2.96. The normalized spacial score (nSPS) is 19.4. The van der Waals surface area contributed by atoms with Crippen LogP contribution in [0.3, 0.4) is 0 Å². The summed E-state index contributed by atoms with van der Waals surface area (Å²) in [4.78, 5) is 10.9. The molecule has 118 valence electrons. The monoisotopic (exact) mass is 321 g/mol. The van der Waals surface area contributed by atoms with Crippen molar-refractivity contribution in [2.75, 3.05) is 24.2 Å². The first-order chi connectivity index (χ1) is 10.4. The second-order valence-corrected chi connectivity index (χ2v) is 7.71. The Morgan fingerprint density at radius 3 is 2.91 bits per heavy atom. The molecule has 7 nitrogen and oxygen atoms in total. The lowest BCUT2D eigenvalue weighted by atomic mass is 9.95. The zero-order chi connectivity index (χ0) is 15.7. The van der Waals surface area contributed by atoms with Gasteiger partial charge in [-0.1, -0.05) is 0 Å². The molecule has 0 unspecified atom stereocenters. The van der Waals surface area contributed by atoms with Crippen LogP contribution in [0.25, 0.3) is 0 Å². The Labute approximate surface area is 129 Å². The fraction of sp³-hybridized carbons (Fsp3) is 0.500. The van der Waals surface area contributed by atoms with Gasteiger partial charge in [0, 0.05) is 37.0 Å². The molecule has 8 heteroatoms. The van der Waals surface area contributed by atoms with E-state index in [0.29, 0.717) is 10.6 Å². The SMILES string of the molecule is Cc1cc(N2CCC[C@H](c3[nH]ncc3S(C)(=O)=O)C2)ncn1. The zero-order valence-electron chi connectivity index (χ0n) is 12.7. The number of aromatic amines is 1. The summed E-state index contributed by atoms with van der Waals surface area (Å²) in [6.45, 7) is 3.57. The Bertz CT molecular complexity index is 771. The van der Waals surface area contributed by atoms with Gasteiger partial charge in [-0.3, -0.25) is 5.10 Å². The molecule has 3 rings (SSSR count). The second-order valence-electron chi connectivity index (χ2n) is 5.72. The molecule has 0 amide bonds. The van der Waals surface area contributed by atoms with Gasteiger partial charge in [0.2, 0.25) is 0 Å². The van der Waals surface area contributed by atoms with Crippen LogP contribution in [0.1, 0.15) is 30.1 Å². The van der Waals surface area contributed by atoms with Gasteiger partial charge >= 0.3 is 0 Å². The molecule has 22 heavy (non-hydrogen) atoms. The Balaban J connectivity index is 1.87. The van der Waals surface area contributed by atoms with Crippen LogP contribution in [0, 0.1) is 6.92 Å². The highest BCUT2D eigenvalue weighted by Crippen LogP contribution is 2.31. The van der Waals surface area contributed by atoms with Gasteiger partial charge in [0.25, 0.3) is 0 Å². The molecule has 3 heterocycles. The van der Waals surface area contributed by atoms with Crippen molar-refractivity contribution in [2.45, 2.75) is 30.6 Å². The van der Waals surface area contributed by atoms with Crippen LogP contribution in [0.5, 0.6) is 0 Å². The molecule has 1 atom stereocenters. The minimum atomic E-state index is -3.27. The first kappa shape index (κ1) is 15.0. The van der Waals surface area contributed by atoms with Crippen molar-refractivity contribution in [1.82, 2.24) is 20.2 Å². The van der Waals surface area contributed by atoms with Gasteiger partial charge in [-0.15, -0.1) is 0 Å². The van der Waals surface area contributed by atoms with Crippen molar-refractivity contribution in [3.8, 4) is 0 Å². The topological polar surface area (TPSA) is 91.8 Å². The number of hydrogen-bond donors (Lipinski definition) is 1. The number of anilines is 1. The van der Waals surface area contributed by atoms with Crippen molar-refractivity contribution in [2.24, 2.45) is 0 Å². The Kier molecular flexibility index (Phi) is 3.86. The van der Waals surface area contributed by atoms with E-state index in [0.717, 1.165) is 37.4 Å². The van der Waals surface area contributed by atoms with Gasteiger partial charge in [0.15, 0.2) is 9.84 Å². The number of hydrogen-bond acceptors (Lipinski definition) is 6. The van der Waals surface area contributed by atoms with E-state index < -0.39 is 9.84 Å². The summed E-state index contributed by atoms with van der Waals surface area (Å²) < 4.78 is 23.7. The summed E-state index contributed by atoms with van der Waals surface area (Å²) in [5.74, 6) is 0.994. The van der Waals surface area contributed by atoms with Crippen molar-refractivity contribution >= 4 is 15.7 Å². The Hall–Kier alpha value is -1.96. The maximum Gasteiger partial charge on any atom is 0.178 e. The minimum absolute atomic E-state index is 0.108. The molecule has 0 aliphatic carbocycles. The first-order valence-electron chi connectivity index (χ1n) is 7.22. The van der Waals surface area contributed by atoms with Gasteiger partial charge < -0.3 is 4.90 Å². The van der Waals surface area contributed by atoms with Gasteiger partial charge in [0.05, 0.1) is 11.9 Å². The molecule has 2 aromatic rings. The molecule has 1 aliphatic rings. The van der Waals surface area contributed by atoms with Crippen LogP contribution in [0.15, 0.2) is 23.5 Å². The maximum atomic E-state index is 11.9. The molecule has 1 aliphatic heterocycles. The minimum Gasteiger partial charge on any atom is -0.356 e. The van der Waals surface area contributed by atoms with Crippen LogP contribution in [-0.4, -0.2) is 47.9 Å². The number of sulfone groups is 1. The van der Waals surface area contributed by atoms with E-state index in [1.54, 1.807) is 6.33 Å². The van der Waals surface area contributed by atoms with Gasteiger partial charge in [0.1, 0.15) is 17.0 Å². The molecular formula is C14H19N5O2S. The zero-order valence-corrected chi connectivity index (χ0v) is 13.5. The smallest absolute Gasteiger partial charge is 0.178 e. The predicted molar refractivity (Wildman–Crippen MR) is 82.7 cm³/mol. The highest BCUT2D eigenvalue weighted by molar-refractivity contribution is 7.90. The van der Waals surface area contributed by atoms with Crippen molar-refractivity contribution in [3.05, 3.63) is 30.0 Å². The molecule has 0 spiro atoms. The number of nitrogens with one attached hydrogen (secondary N) is 1. The lowest BCUT2D eigenvalue weighted by Gasteiger charge is -2.33. The van der Waals surface area contributed by atoms with Crippen molar-refractivity contribution < 1.29 is 8.42 Å². The first-order valence-corrected chi connectivity index (χ1v) is 9.11. The van der Waals surface area contributed by atoms with E-state index in [-0.39, 0.29) is 5.92 Å². The lowest BCUT2D eigenvalue weighted by molar-refractivity contribution is 0.491.